The van der Waals surface area contributed by atoms with Gasteiger partial charge in [0.2, 0.25) is 11.8 Å². The van der Waals surface area contributed by atoms with Crippen LogP contribution in [0.4, 0.5) is 5.69 Å². The van der Waals surface area contributed by atoms with E-state index in [-0.39, 0.29) is 46.5 Å². The summed E-state index contributed by atoms with van der Waals surface area (Å²) in [5, 5.41) is 23.7. The van der Waals surface area contributed by atoms with Crippen molar-refractivity contribution in [3.8, 4) is 0 Å². The van der Waals surface area contributed by atoms with Crippen molar-refractivity contribution in [1.29, 1.82) is 0 Å². The molecular formula is C31H35NO6-2. The van der Waals surface area contributed by atoms with Gasteiger partial charge in [-0.25, -0.2) is 0 Å². The number of carboxylic acid groups (broad SMARTS) is 2. The molecule has 4 fully saturated rings. The molecule has 1 aliphatic heterocycles. The van der Waals surface area contributed by atoms with Gasteiger partial charge in [0.1, 0.15) is 0 Å². The van der Waals surface area contributed by atoms with Crippen molar-refractivity contribution < 1.29 is 29.4 Å². The minimum absolute atomic E-state index is 0.00716. The van der Waals surface area contributed by atoms with Gasteiger partial charge < -0.3 is 19.8 Å². The Morgan fingerprint density at radius 2 is 1.66 bits per heavy atom. The quantitative estimate of drug-likeness (QED) is 0.448. The number of rotatable bonds is 4. The molecule has 8 atom stereocenters. The molecule has 5 aliphatic carbocycles. The summed E-state index contributed by atoms with van der Waals surface area (Å²) in [5.74, 6) is -3.38. The number of imide groups is 1. The van der Waals surface area contributed by atoms with Gasteiger partial charge in [-0.05, 0) is 78.9 Å². The third-order valence-corrected chi connectivity index (χ3v) is 11.5. The van der Waals surface area contributed by atoms with Crippen LogP contribution >= 0.6 is 0 Å². The first-order valence-electron chi connectivity index (χ1n) is 14.0. The van der Waals surface area contributed by atoms with Gasteiger partial charge in [-0.2, -0.15) is 0 Å². The summed E-state index contributed by atoms with van der Waals surface area (Å²) in [5.41, 5.74) is -0.0238. The monoisotopic (exact) mass is 517 g/mol. The predicted octanol–water partition coefficient (Wildman–Crippen LogP) is 2.73. The van der Waals surface area contributed by atoms with E-state index in [1.807, 2.05) is 6.92 Å². The number of nitrogens with zero attached hydrogens (tertiary/aromatic N) is 1. The predicted molar refractivity (Wildman–Crippen MR) is 135 cm³/mol. The number of carbonyl (C=O) groups is 4. The molecule has 38 heavy (non-hydrogen) atoms. The van der Waals surface area contributed by atoms with E-state index in [1.54, 1.807) is 0 Å². The lowest BCUT2D eigenvalue weighted by atomic mass is 9.34. The van der Waals surface area contributed by atoms with Gasteiger partial charge in [0.05, 0.1) is 23.5 Å². The lowest BCUT2D eigenvalue weighted by Crippen LogP contribution is -2.66. The molecule has 1 aromatic carbocycles. The lowest BCUT2D eigenvalue weighted by molar-refractivity contribution is -0.328. The first kappa shape index (κ1) is 25.3. The van der Waals surface area contributed by atoms with Crippen molar-refractivity contribution in [3.63, 3.8) is 0 Å². The second-order valence-electron chi connectivity index (χ2n) is 13.3. The summed E-state index contributed by atoms with van der Waals surface area (Å²) >= 11 is 0. The number of aliphatic carboxylic acids is 1. The maximum absolute atomic E-state index is 14.2. The second kappa shape index (κ2) is 8.03. The molecule has 7 rings (SSSR count). The second-order valence-corrected chi connectivity index (χ2v) is 13.3. The number of allylic oxidation sites excluding steroid dienone is 2. The first-order chi connectivity index (χ1) is 17.9. The van der Waals surface area contributed by atoms with Gasteiger partial charge in [-0.3, -0.25) is 14.5 Å². The smallest absolute Gasteiger partial charge is 0.238 e. The highest BCUT2D eigenvalue weighted by atomic mass is 16.4. The lowest BCUT2D eigenvalue weighted by Gasteiger charge is -2.69. The highest BCUT2D eigenvalue weighted by Gasteiger charge is 2.72. The zero-order valence-corrected chi connectivity index (χ0v) is 22.5. The van der Waals surface area contributed by atoms with Gasteiger partial charge in [0.15, 0.2) is 0 Å². The van der Waals surface area contributed by atoms with E-state index < -0.39 is 34.6 Å². The molecular weight excluding hydrogens is 482 g/mol. The standard InChI is InChI=1S/C31H37NO6/c1-16(2)20-15-31-13-10-21-29(3,11-5-12-30(21,4)28(37)38)22(31)14-19(20)23-24(31)26(34)32(25(23)33)18-8-6-17(7-9-18)27(35)36/h6-9,15-16,19,21-24H,5,10-14H2,1-4H3,(H,35,36)(H,37,38)/p-2/t19-,21-,22+,23+,24-,29-,30-,31-/m1/s1. The average molecular weight is 518 g/mol. The summed E-state index contributed by atoms with van der Waals surface area (Å²) < 4.78 is 0. The minimum Gasteiger partial charge on any atom is -0.550 e. The molecule has 1 aromatic rings. The summed E-state index contributed by atoms with van der Waals surface area (Å²) in [7, 11) is 0. The van der Waals surface area contributed by atoms with E-state index in [4.69, 9.17) is 0 Å². The van der Waals surface area contributed by atoms with Crippen LogP contribution in [0, 0.1) is 51.8 Å². The van der Waals surface area contributed by atoms with Gasteiger partial charge >= 0.3 is 0 Å². The number of hydrogen-bond donors (Lipinski definition) is 0. The number of carboxylic acids is 2. The highest BCUT2D eigenvalue weighted by molar-refractivity contribution is 6.23. The molecule has 1 spiro atoms. The molecule has 0 radical (unpaired) electrons. The number of amides is 2. The molecule has 6 aliphatic rings. The molecule has 0 aromatic heterocycles. The van der Waals surface area contributed by atoms with Crippen molar-refractivity contribution in [1.82, 2.24) is 0 Å². The van der Waals surface area contributed by atoms with Crippen LogP contribution in [0.15, 0.2) is 35.9 Å². The van der Waals surface area contributed by atoms with Crippen LogP contribution in [-0.2, 0) is 14.4 Å². The number of benzene rings is 1. The number of hydrogen-bond acceptors (Lipinski definition) is 6. The Kier molecular flexibility index (Phi) is 5.35. The van der Waals surface area contributed by atoms with Gasteiger partial charge in [0, 0.05) is 16.8 Å². The summed E-state index contributed by atoms with van der Waals surface area (Å²) in [6.45, 7) is 8.38. The van der Waals surface area contributed by atoms with Crippen molar-refractivity contribution in [2.45, 2.75) is 66.2 Å². The molecule has 1 saturated heterocycles. The van der Waals surface area contributed by atoms with Gasteiger partial charge in [-0.1, -0.05) is 57.9 Å². The number of carbonyl (C=O) groups excluding carboxylic acids is 4. The van der Waals surface area contributed by atoms with Crippen molar-refractivity contribution >= 4 is 29.4 Å². The molecule has 7 nitrogen and oxygen atoms in total. The number of aromatic carboxylic acids is 1. The van der Waals surface area contributed by atoms with E-state index in [1.165, 1.54) is 34.7 Å². The molecule has 0 N–H and O–H groups in total. The van der Waals surface area contributed by atoms with E-state index in [9.17, 15) is 29.4 Å². The Balaban J connectivity index is 1.46. The van der Waals surface area contributed by atoms with Crippen molar-refractivity contribution in [2.24, 2.45) is 51.8 Å². The van der Waals surface area contributed by atoms with Crippen LogP contribution in [0.5, 0.6) is 0 Å². The van der Waals surface area contributed by atoms with E-state index in [0.29, 0.717) is 24.9 Å². The Hall–Kier alpha value is -2.96. The summed E-state index contributed by atoms with van der Waals surface area (Å²) in [6, 6.07) is 5.76. The van der Waals surface area contributed by atoms with Crippen molar-refractivity contribution in [2.75, 3.05) is 4.90 Å². The first-order valence-corrected chi connectivity index (χ1v) is 14.0. The van der Waals surface area contributed by atoms with Crippen LogP contribution in [0.25, 0.3) is 0 Å². The summed E-state index contributed by atoms with van der Waals surface area (Å²) in [4.78, 5) is 53.2. The fraction of sp³-hybridized carbons (Fsp3) is 0.613. The molecule has 3 saturated carbocycles. The van der Waals surface area contributed by atoms with E-state index in [0.717, 1.165) is 19.3 Å². The molecule has 0 unspecified atom stereocenters. The topological polar surface area (TPSA) is 118 Å². The minimum atomic E-state index is -1.31. The number of anilines is 1. The third-order valence-electron chi connectivity index (χ3n) is 11.5. The Morgan fingerprint density at radius 3 is 2.26 bits per heavy atom. The Morgan fingerprint density at radius 1 is 0.974 bits per heavy atom. The van der Waals surface area contributed by atoms with E-state index in [2.05, 4.69) is 26.8 Å². The third kappa shape index (κ3) is 3.02. The fourth-order valence-electron chi connectivity index (χ4n) is 9.95. The van der Waals surface area contributed by atoms with Crippen LogP contribution in [0.2, 0.25) is 0 Å². The van der Waals surface area contributed by atoms with Crippen LogP contribution < -0.4 is 15.1 Å². The number of fused-ring (bicyclic) bond motifs is 1. The van der Waals surface area contributed by atoms with Crippen LogP contribution in [-0.4, -0.2) is 23.8 Å². The zero-order chi connectivity index (χ0) is 27.4. The van der Waals surface area contributed by atoms with E-state index >= 15 is 0 Å². The van der Waals surface area contributed by atoms with Crippen LogP contribution in [0.3, 0.4) is 0 Å². The summed E-state index contributed by atoms with van der Waals surface area (Å²) in [6.07, 6.45) is 6.85. The maximum Gasteiger partial charge on any atom is 0.238 e. The van der Waals surface area contributed by atoms with Crippen LogP contribution in [0.1, 0.15) is 76.6 Å². The largest absolute Gasteiger partial charge is 0.550 e. The SMILES string of the molecule is CC(C)C1=C[C@]23CC[C@@H]4[C@@](C)(CCC[C@@]4(C)C(=O)[O-])[C@@H]2C[C@H]1[C@@H]1C(=O)N(c2ccc(C(=O)[O-])cc2)C(=O)[C@@H]13. The van der Waals surface area contributed by atoms with Gasteiger partial charge in [-0.15, -0.1) is 0 Å². The Bertz CT molecular complexity index is 1280. The fourth-order valence-corrected chi connectivity index (χ4v) is 9.95. The average Bonchev–Trinajstić information content (AvgIpc) is 3.15. The van der Waals surface area contributed by atoms with Crippen molar-refractivity contribution in [3.05, 3.63) is 41.5 Å². The molecule has 202 valence electrons. The molecule has 2 amide bonds. The Labute approximate surface area is 223 Å². The zero-order valence-electron chi connectivity index (χ0n) is 22.5. The molecule has 7 heteroatoms. The highest BCUT2D eigenvalue weighted by Crippen LogP contribution is 2.74. The normalized spacial score (nSPS) is 41.4. The molecule has 1 heterocycles. The molecule has 2 bridgehead atoms. The van der Waals surface area contributed by atoms with Gasteiger partial charge in [0.25, 0.3) is 0 Å². The maximum atomic E-state index is 14.2.